The topological polar surface area (TPSA) is 84.2 Å². The molecule has 0 saturated carbocycles. The molecule has 1 amide bonds. The van der Waals surface area contributed by atoms with Crippen LogP contribution in [0, 0.1) is 0 Å². The number of aromatic nitrogens is 3. The van der Waals surface area contributed by atoms with Gasteiger partial charge in [0.1, 0.15) is 12.4 Å². The minimum atomic E-state index is -0.130. The lowest BCUT2D eigenvalue weighted by Gasteiger charge is -2.21. The van der Waals surface area contributed by atoms with E-state index in [-0.39, 0.29) is 11.9 Å². The van der Waals surface area contributed by atoms with E-state index < -0.39 is 0 Å². The van der Waals surface area contributed by atoms with Crippen LogP contribution in [0.25, 0.3) is 0 Å². The number of amides is 1. The molecule has 7 nitrogen and oxygen atoms in total. The molecule has 0 aromatic carbocycles. The fourth-order valence-corrected chi connectivity index (χ4v) is 2.52. The molecule has 2 aromatic heterocycles. The summed E-state index contributed by atoms with van der Waals surface area (Å²) >= 11 is 0. The molecule has 3 heterocycles. The maximum Gasteiger partial charge on any atom is 0.276 e. The van der Waals surface area contributed by atoms with Crippen molar-refractivity contribution >= 4 is 5.91 Å². The van der Waals surface area contributed by atoms with Crippen LogP contribution >= 0.6 is 0 Å². The van der Waals surface area contributed by atoms with Gasteiger partial charge in [0.25, 0.3) is 5.91 Å². The monoisotopic (exact) mass is 276 g/mol. The number of carbonyl (C=O) groups excluding carboxylic acids is 1. The number of methoxy groups -OCH3 is 1. The normalized spacial score (nSPS) is 18.6. The zero-order chi connectivity index (χ0) is 13.9. The first-order valence-corrected chi connectivity index (χ1v) is 6.54. The van der Waals surface area contributed by atoms with Gasteiger partial charge in [-0.1, -0.05) is 5.16 Å². The van der Waals surface area contributed by atoms with Crippen LogP contribution in [-0.2, 0) is 11.3 Å². The van der Waals surface area contributed by atoms with Crippen LogP contribution in [0.4, 0.5) is 0 Å². The van der Waals surface area contributed by atoms with Gasteiger partial charge in [0.05, 0.1) is 6.04 Å². The summed E-state index contributed by atoms with van der Waals surface area (Å²) in [6, 6.07) is 1.61. The molecule has 1 atom stereocenters. The molecule has 1 N–H and O–H groups in total. The van der Waals surface area contributed by atoms with Gasteiger partial charge in [-0.15, -0.1) is 0 Å². The van der Waals surface area contributed by atoms with Crippen molar-refractivity contribution in [3.8, 4) is 0 Å². The molecule has 2 aromatic rings. The third-order valence-electron chi connectivity index (χ3n) is 3.41. The van der Waals surface area contributed by atoms with Gasteiger partial charge < -0.3 is 19.1 Å². The number of hydrogen-bond donors (Lipinski definition) is 1. The number of imidazole rings is 1. The Bertz CT molecular complexity index is 578. The van der Waals surface area contributed by atoms with Gasteiger partial charge >= 0.3 is 0 Å². The second-order valence-corrected chi connectivity index (χ2v) is 4.74. The number of hydrogen-bond acceptors (Lipinski definition) is 5. The summed E-state index contributed by atoms with van der Waals surface area (Å²) in [4.78, 5) is 21.6. The van der Waals surface area contributed by atoms with Crippen molar-refractivity contribution < 1.29 is 14.1 Å². The van der Waals surface area contributed by atoms with E-state index in [0.29, 0.717) is 24.6 Å². The molecule has 7 heteroatoms. The Balaban J connectivity index is 1.78. The first-order valence-electron chi connectivity index (χ1n) is 6.54. The summed E-state index contributed by atoms with van der Waals surface area (Å²) in [6.45, 7) is 1.01. The summed E-state index contributed by atoms with van der Waals surface area (Å²) < 4.78 is 10.0. The molecular formula is C13H16N4O3. The third-order valence-corrected chi connectivity index (χ3v) is 3.41. The second kappa shape index (κ2) is 5.46. The molecule has 0 radical (unpaired) electrons. The Kier molecular flexibility index (Phi) is 3.51. The molecule has 1 fully saturated rings. The average molecular weight is 276 g/mol. The van der Waals surface area contributed by atoms with Gasteiger partial charge in [0.2, 0.25) is 0 Å². The molecule has 106 valence electrons. The Labute approximate surface area is 115 Å². The highest BCUT2D eigenvalue weighted by molar-refractivity contribution is 5.92. The summed E-state index contributed by atoms with van der Waals surface area (Å²) in [6.07, 6.45) is 5.33. The van der Waals surface area contributed by atoms with E-state index in [0.717, 1.165) is 18.7 Å². The van der Waals surface area contributed by atoms with E-state index in [1.807, 2.05) is 0 Å². The fourth-order valence-electron chi connectivity index (χ4n) is 2.52. The second-order valence-electron chi connectivity index (χ2n) is 4.74. The number of likely N-dealkylation sites (tertiary alicyclic amines) is 1. The highest BCUT2D eigenvalue weighted by atomic mass is 16.5. The summed E-state index contributed by atoms with van der Waals surface area (Å²) in [5.41, 5.74) is 0.315. The Morgan fingerprint density at radius 2 is 2.55 bits per heavy atom. The minimum absolute atomic E-state index is 0.0138. The van der Waals surface area contributed by atoms with Crippen LogP contribution in [-0.4, -0.2) is 39.6 Å². The summed E-state index contributed by atoms with van der Waals surface area (Å²) in [7, 11) is 1.57. The number of H-pyrrole nitrogens is 1. The number of rotatable bonds is 4. The van der Waals surface area contributed by atoms with Crippen LogP contribution < -0.4 is 0 Å². The van der Waals surface area contributed by atoms with Crippen molar-refractivity contribution in [1.82, 2.24) is 20.0 Å². The number of carbonyl (C=O) groups is 1. The first kappa shape index (κ1) is 12.9. The van der Waals surface area contributed by atoms with Gasteiger partial charge in [-0.05, 0) is 12.8 Å². The smallest absolute Gasteiger partial charge is 0.276 e. The number of nitrogens with zero attached hydrogens (tertiary/aromatic N) is 3. The van der Waals surface area contributed by atoms with Crippen LogP contribution in [0.1, 0.15) is 41.0 Å². The zero-order valence-electron chi connectivity index (χ0n) is 11.2. The zero-order valence-corrected chi connectivity index (χ0v) is 11.2. The largest absolute Gasteiger partial charge is 0.377 e. The molecule has 1 aliphatic rings. The lowest BCUT2D eigenvalue weighted by atomic mass is 10.2. The van der Waals surface area contributed by atoms with E-state index in [2.05, 4.69) is 15.1 Å². The van der Waals surface area contributed by atoms with E-state index in [4.69, 9.17) is 9.26 Å². The summed E-state index contributed by atoms with van der Waals surface area (Å²) in [5, 5.41) is 3.82. The molecule has 0 unspecified atom stereocenters. The van der Waals surface area contributed by atoms with Crippen LogP contribution in [0.2, 0.25) is 0 Å². The average Bonchev–Trinajstić information content (AvgIpc) is 3.19. The molecule has 0 spiro atoms. The molecule has 1 aliphatic heterocycles. The lowest BCUT2D eigenvalue weighted by molar-refractivity contribution is 0.0719. The Morgan fingerprint density at radius 3 is 3.30 bits per heavy atom. The van der Waals surface area contributed by atoms with Gasteiger partial charge in [-0.3, -0.25) is 4.79 Å². The van der Waals surface area contributed by atoms with Crippen LogP contribution in [0.15, 0.2) is 23.0 Å². The maximum absolute atomic E-state index is 12.5. The standard InChI is InChI=1S/C13H16N4O3/c1-19-8-9-7-10(16-20-9)13(18)17-6-2-3-11(17)12-14-4-5-15-12/h4-5,7,11H,2-3,6,8H2,1H3,(H,14,15)/t11-/m1/s1. The number of nitrogens with one attached hydrogen (secondary N) is 1. The van der Waals surface area contributed by atoms with Crippen molar-refractivity contribution in [3.63, 3.8) is 0 Å². The van der Waals surface area contributed by atoms with Gasteiger partial charge in [0, 0.05) is 32.1 Å². The van der Waals surface area contributed by atoms with Crippen LogP contribution in [0.3, 0.4) is 0 Å². The number of ether oxygens (including phenoxy) is 1. The summed E-state index contributed by atoms with van der Waals surface area (Å²) in [5.74, 6) is 1.23. The van der Waals surface area contributed by atoms with Gasteiger partial charge in [0.15, 0.2) is 11.5 Å². The van der Waals surface area contributed by atoms with Crippen LogP contribution in [0.5, 0.6) is 0 Å². The predicted molar refractivity (Wildman–Crippen MR) is 68.8 cm³/mol. The lowest BCUT2D eigenvalue weighted by Crippen LogP contribution is -2.31. The van der Waals surface area contributed by atoms with Crippen molar-refractivity contribution in [2.24, 2.45) is 0 Å². The van der Waals surface area contributed by atoms with Crippen molar-refractivity contribution in [3.05, 3.63) is 35.7 Å². The quantitative estimate of drug-likeness (QED) is 0.915. The third kappa shape index (κ3) is 2.32. The molecular weight excluding hydrogens is 260 g/mol. The predicted octanol–water partition coefficient (Wildman–Crippen LogP) is 1.52. The Hall–Kier alpha value is -2.15. The van der Waals surface area contributed by atoms with E-state index >= 15 is 0 Å². The van der Waals surface area contributed by atoms with E-state index in [1.54, 1.807) is 30.5 Å². The van der Waals surface area contributed by atoms with Crippen molar-refractivity contribution in [2.45, 2.75) is 25.5 Å². The van der Waals surface area contributed by atoms with E-state index in [9.17, 15) is 4.79 Å². The fraction of sp³-hybridized carbons (Fsp3) is 0.462. The highest BCUT2D eigenvalue weighted by Crippen LogP contribution is 2.30. The van der Waals surface area contributed by atoms with Crippen molar-refractivity contribution in [2.75, 3.05) is 13.7 Å². The molecule has 3 rings (SSSR count). The van der Waals surface area contributed by atoms with Gasteiger partial charge in [-0.2, -0.15) is 0 Å². The first-order chi connectivity index (χ1) is 9.79. The Morgan fingerprint density at radius 1 is 1.65 bits per heavy atom. The van der Waals surface area contributed by atoms with Crippen molar-refractivity contribution in [1.29, 1.82) is 0 Å². The highest BCUT2D eigenvalue weighted by Gasteiger charge is 2.33. The molecule has 1 saturated heterocycles. The minimum Gasteiger partial charge on any atom is -0.377 e. The molecule has 0 bridgehead atoms. The van der Waals surface area contributed by atoms with E-state index in [1.165, 1.54) is 0 Å². The molecule has 20 heavy (non-hydrogen) atoms. The maximum atomic E-state index is 12.5. The molecule has 0 aliphatic carbocycles. The van der Waals surface area contributed by atoms with Gasteiger partial charge in [-0.25, -0.2) is 4.98 Å². The SMILES string of the molecule is COCc1cc(C(=O)N2CCC[C@@H]2c2ncc[nH]2)no1. The number of aromatic amines is 1.